The third-order valence-corrected chi connectivity index (χ3v) is 5.45. The molecule has 0 unspecified atom stereocenters. The fourth-order valence-corrected chi connectivity index (χ4v) is 3.83. The number of carbonyl (C=O) groups excluding carboxylic acids is 2. The van der Waals surface area contributed by atoms with Crippen molar-refractivity contribution in [1.82, 2.24) is 0 Å². The Morgan fingerprint density at radius 3 is 2.69 bits per heavy atom. The van der Waals surface area contributed by atoms with Crippen LogP contribution in [0.2, 0.25) is 0 Å². The van der Waals surface area contributed by atoms with Gasteiger partial charge >= 0.3 is 5.97 Å². The molecule has 2 aromatic rings. The van der Waals surface area contributed by atoms with Gasteiger partial charge in [-0.1, -0.05) is 23.8 Å². The fraction of sp³-hybridized carbons (Fsp3) is 0.360. The van der Waals surface area contributed by atoms with E-state index in [-0.39, 0.29) is 6.61 Å². The molecule has 2 aliphatic rings. The van der Waals surface area contributed by atoms with Gasteiger partial charge in [0.25, 0.3) is 5.91 Å². The molecule has 1 amide bonds. The zero-order chi connectivity index (χ0) is 22.2. The molecule has 0 radical (unpaired) electrons. The summed E-state index contributed by atoms with van der Waals surface area (Å²) >= 11 is 0. The van der Waals surface area contributed by atoms with Crippen molar-refractivity contribution >= 4 is 23.3 Å². The summed E-state index contributed by atoms with van der Waals surface area (Å²) in [7, 11) is 0. The summed E-state index contributed by atoms with van der Waals surface area (Å²) in [5.41, 5.74) is 3.15. The Morgan fingerprint density at radius 1 is 1.00 bits per heavy atom. The van der Waals surface area contributed by atoms with Crippen LogP contribution in [-0.4, -0.2) is 38.2 Å². The van der Waals surface area contributed by atoms with Crippen LogP contribution in [0.25, 0.3) is 0 Å². The molecule has 7 nitrogen and oxygen atoms in total. The van der Waals surface area contributed by atoms with Crippen molar-refractivity contribution in [2.75, 3.05) is 37.0 Å². The van der Waals surface area contributed by atoms with E-state index in [1.54, 1.807) is 30.3 Å². The number of fused-ring (bicyclic) bond motifs is 1. The van der Waals surface area contributed by atoms with Crippen molar-refractivity contribution < 1.29 is 23.8 Å². The van der Waals surface area contributed by atoms with Crippen LogP contribution in [0.5, 0.6) is 11.5 Å². The van der Waals surface area contributed by atoms with Crippen molar-refractivity contribution in [1.29, 1.82) is 0 Å². The Bertz CT molecular complexity index is 1000. The SMILES string of the molecule is O=C(COC(=O)c1ccccc1NCCC1=CCCCC1)Nc1ccc2c(c1)OCCO2. The van der Waals surface area contributed by atoms with Gasteiger partial charge in [0.15, 0.2) is 18.1 Å². The molecule has 0 saturated carbocycles. The summed E-state index contributed by atoms with van der Waals surface area (Å²) < 4.78 is 16.2. The number of benzene rings is 2. The van der Waals surface area contributed by atoms with E-state index in [0.717, 1.165) is 25.8 Å². The molecule has 0 saturated heterocycles. The smallest absolute Gasteiger partial charge is 0.340 e. The lowest BCUT2D eigenvalue weighted by Gasteiger charge is -2.19. The molecule has 1 heterocycles. The van der Waals surface area contributed by atoms with Gasteiger partial charge in [0.05, 0.1) is 5.56 Å². The van der Waals surface area contributed by atoms with Gasteiger partial charge in [0.1, 0.15) is 13.2 Å². The van der Waals surface area contributed by atoms with Crippen LogP contribution in [0, 0.1) is 0 Å². The van der Waals surface area contributed by atoms with Gasteiger partial charge in [-0.2, -0.15) is 0 Å². The van der Waals surface area contributed by atoms with Gasteiger partial charge in [-0.25, -0.2) is 4.79 Å². The second-order valence-corrected chi connectivity index (χ2v) is 7.81. The molecule has 1 aliphatic heterocycles. The second kappa shape index (κ2) is 10.7. The normalized spacial score (nSPS) is 14.8. The number of hydrogen-bond donors (Lipinski definition) is 2. The summed E-state index contributed by atoms with van der Waals surface area (Å²) in [6, 6.07) is 12.3. The quantitative estimate of drug-likeness (QED) is 0.466. The van der Waals surface area contributed by atoms with Gasteiger partial charge in [0, 0.05) is 24.0 Å². The highest BCUT2D eigenvalue weighted by molar-refractivity contribution is 5.98. The van der Waals surface area contributed by atoms with Gasteiger partial charge in [0.2, 0.25) is 0 Å². The summed E-state index contributed by atoms with van der Waals surface area (Å²) in [6.07, 6.45) is 8.13. The number of anilines is 2. The maximum Gasteiger partial charge on any atom is 0.340 e. The molecule has 0 spiro atoms. The highest BCUT2D eigenvalue weighted by Gasteiger charge is 2.16. The average molecular weight is 437 g/mol. The van der Waals surface area contributed by atoms with Crippen LogP contribution >= 0.6 is 0 Å². The number of carbonyl (C=O) groups is 2. The van der Waals surface area contributed by atoms with Crippen molar-refractivity contribution in [3.05, 3.63) is 59.7 Å². The van der Waals surface area contributed by atoms with E-state index in [9.17, 15) is 9.59 Å². The average Bonchev–Trinajstić information content (AvgIpc) is 2.83. The lowest BCUT2D eigenvalue weighted by atomic mass is 9.97. The van der Waals surface area contributed by atoms with Gasteiger partial charge in [-0.15, -0.1) is 0 Å². The highest BCUT2D eigenvalue weighted by Crippen LogP contribution is 2.32. The van der Waals surface area contributed by atoms with Crippen molar-refractivity contribution in [2.24, 2.45) is 0 Å². The van der Waals surface area contributed by atoms with Crippen LogP contribution in [0.1, 0.15) is 42.5 Å². The van der Waals surface area contributed by atoms with E-state index >= 15 is 0 Å². The minimum absolute atomic E-state index is 0.380. The molecule has 4 rings (SSSR count). The lowest BCUT2D eigenvalue weighted by Crippen LogP contribution is -2.22. The van der Waals surface area contributed by atoms with Crippen LogP contribution in [-0.2, 0) is 9.53 Å². The standard InChI is InChI=1S/C25H28N2O5/c28-24(27-19-10-11-22-23(16-19)31-15-14-30-22)17-32-25(29)20-8-4-5-9-21(20)26-13-12-18-6-2-1-3-7-18/h4-6,8-11,16,26H,1-3,7,12-15,17H2,(H,27,28). The Morgan fingerprint density at radius 2 is 1.84 bits per heavy atom. The fourth-order valence-electron chi connectivity index (χ4n) is 3.83. The molecule has 0 atom stereocenters. The maximum absolute atomic E-state index is 12.6. The molecule has 7 heteroatoms. The van der Waals surface area contributed by atoms with Crippen LogP contribution < -0.4 is 20.1 Å². The molecule has 1 aliphatic carbocycles. The minimum Gasteiger partial charge on any atom is -0.486 e. The molecule has 0 bridgehead atoms. The van der Waals surface area contributed by atoms with Gasteiger partial charge in [-0.3, -0.25) is 4.79 Å². The summed E-state index contributed by atoms with van der Waals surface area (Å²) in [5, 5.41) is 6.04. The van der Waals surface area contributed by atoms with Crippen molar-refractivity contribution in [3.63, 3.8) is 0 Å². The Labute approximate surface area is 187 Å². The third kappa shape index (κ3) is 5.81. The number of esters is 1. The van der Waals surface area contributed by atoms with E-state index in [1.807, 2.05) is 12.1 Å². The lowest BCUT2D eigenvalue weighted by molar-refractivity contribution is -0.119. The number of para-hydroxylation sites is 1. The highest BCUT2D eigenvalue weighted by atomic mass is 16.6. The zero-order valence-corrected chi connectivity index (χ0v) is 18.0. The molecular weight excluding hydrogens is 408 g/mol. The van der Waals surface area contributed by atoms with Crippen LogP contribution in [0.4, 0.5) is 11.4 Å². The first-order chi connectivity index (χ1) is 15.7. The Balaban J connectivity index is 1.28. The Kier molecular flexibility index (Phi) is 7.27. The largest absolute Gasteiger partial charge is 0.486 e. The first-order valence-electron chi connectivity index (χ1n) is 11.1. The number of hydrogen-bond acceptors (Lipinski definition) is 6. The van der Waals surface area contributed by atoms with Gasteiger partial charge in [-0.05, 0) is 56.4 Å². The summed E-state index contributed by atoms with van der Waals surface area (Å²) in [5.74, 6) is 0.256. The molecule has 2 aromatic carbocycles. The number of allylic oxidation sites excluding steroid dienone is 1. The number of rotatable bonds is 8. The van der Waals surface area contributed by atoms with E-state index in [2.05, 4.69) is 16.7 Å². The van der Waals surface area contributed by atoms with E-state index < -0.39 is 11.9 Å². The van der Waals surface area contributed by atoms with Crippen LogP contribution in [0.15, 0.2) is 54.1 Å². The zero-order valence-electron chi connectivity index (χ0n) is 18.0. The maximum atomic E-state index is 12.6. The molecular formula is C25H28N2O5. The van der Waals surface area contributed by atoms with Crippen molar-refractivity contribution in [3.8, 4) is 11.5 Å². The molecule has 0 fully saturated rings. The number of amides is 1. The molecule has 168 valence electrons. The second-order valence-electron chi connectivity index (χ2n) is 7.81. The van der Waals surface area contributed by atoms with Crippen LogP contribution in [0.3, 0.4) is 0 Å². The molecule has 2 N–H and O–H groups in total. The third-order valence-electron chi connectivity index (χ3n) is 5.45. The van der Waals surface area contributed by atoms with E-state index in [1.165, 1.54) is 18.4 Å². The minimum atomic E-state index is -0.540. The Hall–Kier alpha value is -3.48. The first-order valence-corrected chi connectivity index (χ1v) is 11.1. The summed E-state index contributed by atoms with van der Waals surface area (Å²) in [4.78, 5) is 24.9. The topological polar surface area (TPSA) is 85.9 Å². The van der Waals surface area contributed by atoms with Crippen molar-refractivity contribution in [2.45, 2.75) is 32.1 Å². The molecule has 0 aromatic heterocycles. The number of ether oxygens (including phenoxy) is 3. The predicted molar refractivity (Wildman–Crippen MR) is 122 cm³/mol. The van der Waals surface area contributed by atoms with E-state index in [4.69, 9.17) is 14.2 Å². The monoisotopic (exact) mass is 436 g/mol. The first kappa shape index (κ1) is 21.7. The summed E-state index contributed by atoms with van der Waals surface area (Å²) in [6.45, 7) is 1.34. The van der Waals surface area contributed by atoms with E-state index in [0.29, 0.717) is 41.7 Å². The van der Waals surface area contributed by atoms with Gasteiger partial charge < -0.3 is 24.8 Å². The predicted octanol–water partition coefficient (Wildman–Crippen LogP) is 4.56. The number of nitrogens with one attached hydrogen (secondary N) is 2. The molecule has 32 heavy (non-hydrogen) atoms.